The Kier molecular flexibility index (Phi) is 4.45. The van der Waals surface area contributed by atoms with Crippen LogP contribution in [-0.4, -0.2) is 5.78 Å². The number of carbonyl (C=O) groups excluding carboxylic acids is 1. The Labute approximate surface area is 67.9 Å². The number of ketones is 1. The SMILES string of the molecule is CCC(C)C(=O)/C=C(/C)S. The molecular formula is C8H14OS. The van der Waals surface area contributed by atoms with E-state index in [1.54, 1.807) is 6.08 Å². The summed E-state index contributed by atoms with van der Waals surface area (Å²) < 4.78 is 0. The van der Waals surface area contributed by atoms with Crippen LogP contribution in [0, 0.1) is 5.92 Å². The number of allylic oxidation sites excluding steroid dienone is 2. The Morgan fingerprint density at radius 1 is 1.70 bits per heavy atom. The van der Waals surface area contributed by atoms with Gasteiger partial charge in [0, 0.05) is 5.92 Å². The van der Waals surface area contributed by atoms with Crippen LogP contribution in [0.4, 0.5) is 0 Å². The van der Waals surface area contributed by atoms with Crippen molar-refractivity contribution < 1.29 is 4.79 Å². The molecule has 0 N–H and O–H groups in total. The van der Waals surface area contributed by atoms with E-state index in [0.717, 1.165) is 11.3 Å². The normalized spacial score (nSPS) is 15.0. The van der Waals surface area contributed by atoms with Gasteiger partial charge in [0.1, 0.15) is 0 Å². The van der Waals surface area contributed by atoms with Gasteiger partial charge in [0.2, 0.25) is 0 Å². The molecule has 0 saturated heterocycles. The van der Waals surface area contributed by atoms with E-state index in [2.05, 4.69) is 12.6 Å². The zero-order valence-electron chi connectivity index (χ0n) is 6.72. The molecule has 1 nitrogen and oxygen atoms in total. The molecule has 1 atom stereocenters. The van der Waals surface area contributed by atoms with Gasteiger partial charge in [0.05, 0.1) is 0 Å². The zero-order valence-corrected chi connectivity index (χ0v) is 7.61. The Morgan fingerprint density at radius 3 is 2.50 bits per heavy atom. The third-order valence-electron chi connectivity index (χ3n) is 1.45. The van der Waals surface area contributed by atoms with Crippen LogP contribution in [-0.2, 0) is 4.79 Å². The quantitative estimate of drug-likeness (QED) is 0.493. The van der Waals surface area contributed by atoms with Crippen molar-refractivity contribution in [3.63, 3.8) is 0 Å². The van der Waals surface area contributed by atoms with E-state index >= 15 is 0 Å². The number of carbonyl (C=O) groups is 1. The first-order chi connectivity index (χ1) is 4.57. The highest BCUT2D eigenvalue weighted by Gasteiger charge is 2.06. The first-order valence-electron chi connectivity index (χ1n) is 3.49. The molecule has 58 valence electrons. The Balaban J connectivity index is 3.97. The standard InChI is InChI=1S/C8H14OS/c1-4-6(2)8(9)5-7(3)10/h5-6,10H,4H2,1-3H3/b7-5-. The molecule has 0 aromatic carbocycles. The van der Waals surface area contributed by atoms with Crippen LogP contribution in [0.15, 0.2) is 11.0 Å². The molecule has 0 spiro atoms. The fraction of sp³-hybridized carbons (Fsp3) is 0.625. The van der Waals surface area contributed by atoms with Gasteiger partial charge in [0.15, 0.2) is 5.78 Å². The third-order valence-corrected chi connectivity index (χ3v) is 1.58. The Bertz CT molecular complexity index is 145. The van der Waals surface area contributed by atoms with Crippen molar-refractivity contribution in [1.29, 1.82) is 0 Å². The smallest absolute Gasteiger partial charge is 0.159 e. The lowest BCUT2D eigenvalue weighted by Gasteiger charge is -2.01. The summed E-state index contributed by atoms with van der Waals surface area (Å²) in [6.07, 6.45) is 2.48. The van der Waals surface area contributed by atoms with E-state index in [9.17, 15) is 4.79 Å². The van der Waals surface area contributed by atoms with Gasteiger partial charge in [0.25, 0.3) is 0 Å². The molecule has 0 saturated carbocycles. The number of hydrogen-bond acceptors (Lipinski definition) is 2. The number of hydrogen-bond donors (Lipinski definition) is 1. The summed E-state index contributed by atoms with van der Waals surface area (Å²) in [6, 6.07) is 0. The lowest BCUT2D eigenvalue weighted by Crippen LogP contribution is -2.05. The molecule has 0 aromatic heterocycles. The lowest BCUT2D eigenvalue weighted by molar-refractivity contribution is -0.117. The summed E-state index contributed by atoms with van der Waals surface area (Å²) in [7, 11) is 0. The molecule has 1 unspecified atom stereocenters. The minimum absolute atomic E-state index is 0.141. The van der Waals surface area contributed by atoms with Crippen LogP contribution in [0.2, 0.25) is 0 Å². The molecule has 0 aliphatic heterocycles. The van der Waals surface area contributed by atoms with E-state index < -0.39 is 0 Å². The van der Waals surface area contributed by atoms with Crippen molar-refractivity contribution >= 4 is 18.4 Å². The maximum Gasteiger partial charge on any atom is 0.159 e. The molecule has 0 heterocycles. The van der Waals surface area contributed by atoms with Gasteiger partial charge in [-0.2, -0.15) is 0 Å². The number of rotatable bonds is 3. The van der Waals surface area contributed by atoms with Crippen LogP contribution < -0.4 is 0 Å². The highest BCUT2D eigenvalue weighted by atomic mass is 32.1. The summed E-state index contributed by atoms with van der Waals surface area (Å²) >= 11 is 4.01. The van der Waals surface area contributed by atoms with E-state index in [4.69, 9.17) is 0 Å². The first-order valence-corrected chi connectivity index (χ1v) is 3.93. The minimum Gasteiger partial charge on any atom is -0.295 e. The molecule has 0 amide bonds. The molecule has 0 aliphatic carbocycles. The van der Waals surface area contributed by atoms with Crippen LogP contribution in [0.5, 0.6) is 0 Å². The molecule has 0 fully saturated rings. The molecule has 0 aliphatic rings. The predicted molar refractivity (Wildman–Crippen MR) is 47.2 cm³/mol. The molecule has 0 aromatic rings. The average Bonchev–Trinajstić information content (AvgIpc) is 1.85. The monoisotopic (exact) mass is 158 g/mol. The topological polar surface area (TPSA) is 17.1 Å². The van der Waals surface area contributed by atoms with E-state index in [1.807, 2.05) is 20.8 Å². The molecule has 10 heavy (non-hydrogen) atoms. The average molecular weight is 158 g/mol. The highest BCUT2D eigenvalue weighted by Crippen LogP contribution is 2.06. The maximum atomic E-state index is 11.1. The Hall–Kier alpha value is -0.240. The summed E-state index contributed by atoms with van der Waals surface area (Å²) in [4.78, 5) is 11.8. The van der Waals surface area contributed by atoms with Gasteiger partial charge in [-0.3, -0.25) is 4.79 Å². The second kappa shape index (κ2) is 4.56. The largest absolute Gasteiger partial charge is 0.295 e. The second-order valence-electron chi connectivity index (χ2n) is 2.50. The minimum atomic E-state index is 0.141. The van der Waals surface area contributed by atoms with Gasteiger partial charge in [-0.1, -0.05) is 13.8 Å². The van der Waals surface area contributed by atoms with Gasteiger partial charge in [-0.25, -0.2) is 0 Å². The van der Waals surface area contributed by atoms with Crippen molar-refractivity contribution in [2.45, 2.75) is 27.2 Å². The zero-order chi connectivity index (χ0) is 8.15. The predicted octanol–water partition coefficient (Wildman–Crippen LogP) is 2.44. The summed E-state index contributed by atoms with van der Waals surface area (Å²) in [5.74, 6) is 0.317. The van der Waals surface area contributed by atoms with E-state index in [1.165, 1.54) is 0 Å². The highest BCUT2D eigenvalue weighted by molar-refractivity contribution is 7.84. The van der Waals surface area contributed by atoms with Crippen molar-refractivity contribution in [3.8, 4) is 0 Å². The van der Waals surface area contributed by atoms with Gasteiger partial charge < -0.3 is 0 Å². The summed E-state index contributed by atoms with van der Waals surface area (Å²) in [5, 5.41) is 0. The van der Waals surface area contributed by atoms with Crippen molar-refractivity contribution in [2.24, 2.45) is 5.92 Å². The Morgan fingerprint density at radius 2 is 2.20 bits per heavy atom. The van der Waals surface area contributed by atoms with Crippen molar-refractivity contribution in [2.75, 3.05) is 0 Å². The second-order valence-corrected chi connectivity index (χ2v) is 3.20. The molecule has 2 heteroatoms. The molecular weight excluding hydrogens is 144 g/mol. The summed E-state index contributed by atoms with van der Waals surface area (Å²) in [6.45, 7) is 5.74. The fourth-order valence-corrected chi connectivity index (χ4v) is 0.677. The van der Waals surface area contributed by atoms with Crippen LogP contribution >= 0.6 is 12.6 Å². The fourth-order valence-electron chi connectivity index (χ4n) is 0.549. The maximum absolute atomic E-state index is 11.1. The molecule has 0 rings (SSSR count). The van der Waals surface area contributed by atoms with Gasteiger partial charge in [-0.05, 0) is 24.3 Å². The van der Waals surface area contributed by atoms with Crippen LogP contribution in [0.3, 0.4) is 0 Å². The molecule has 0 bridgehead atoms. The van der Waals surface area contributed by atoms with Crippen molar-refractivity contribution in [3.05, 3.63) is 11.0 Å². The molecule has 0 radical (unpaired) electrons. The van der Waals surface area contributed by atoms with Crippen LogP contribution in [0.1, 0.15) is 27.2 Å². The summed E-state index contributed by atoms with van der Waals surface area (Å²) in [5.41, 5.74) is 0. The third kappa shape index (κ3) is 3.72. The van der Waals surface area contributed by atoms with E-state index in [0.29, 0.717) is 0 Å². The van der Waals surface area contributed by atoms with Gasteiger partial charge in [-0.15, -0.1) is 12.6 Å². The van der Waals surface area contributed by atoms with E-state index in [-0.39, 0.29) is 11.7 Å². The first kappa shape index (κ1) is 9.76. The lowest BCUT2D eigenvalue weighted by atomic mass is 10.0. The van der Waals surface area contributed by atoms with Gasteiger partial charge >= 0.3 is 0 Å². The van der Waals surface area contributed by atoms with Crippen molar-refractivity contribution in [1.82, 2.24) is 0 Å². The number of thiol groups is 1. The van der Waals surface area contributed by atoms with Crippen LogP contribution in [0.25, 0.3) is 0 Å².